The molecule has 0 saturated carbocycles. The number of H-pyrrole nitrogens is 1. The summed E-state index contributed by atoms with van der Waals surface area (Å²) in [6.07, 6.45) is -2.35. The average Bonchev–Trinajstić information content (AvgIpc) is 3.68. The second-order valence-electron chi connectivity index (χ2n) is 9.11. The van der Waals surface area contributed by atoms with Crippen LogP contribution in [0.5, 0.6) is 0 Å². The first-order chi connectivity index (χ1) is 19.4. The molecule has 3 aliphatic heterocycles. The van der Waals surface area contributed by atoms with Gasteiger partial charge in [0.2, 0.25) is 5.95 Å². The number of imidazole rings is 2. The molecular weight excluding hydrogens is 574 g/mol. The van der Waals surface area contributed by atoms with Gasteiger partial charge in [0.25, 0.3) is 5.56 Å². The van der Waals surface area contributed by atoms with Gasteiger partial charge in [-0.05, 0) is 0 Å². The van der Waals surface area contributed by atoms with Crippen LogP contribution >= 0.6 is 17.3 Å². The number of nitrogen functional groups attached to an aromatic ring is 2. The number of nitrogens with two attached hydrogens (primary N) is 2. The van der Waals surface area contributed by atoms with Crippen molar-refractivity contribution in [3.8, 4) is 0 Å². The van der Waals surface area contributed by atoms with Crippen LogP contribution in [0.4, 0.5) is 11.8 Å². The molecule has 212 valence electrons. The molecule has 40 heavy (non-hydrogen) atoms. The van der Waals surface area contributed by atoms with Crippen LogP contribution in [0.15, 0.2) is 23.8 Å². The molecule has 2 bridgehead atoms. The summed E-state index contributed by atoms with van der Waals surface area (Å²) >= 11 is 0. The van der Waals surface area contributed by atoms with Crippen molar-refractivity contribution < 1.29 is 37.2 Å². The Balaban J connectivity index is 1.12. The highest BCUT2D eigenvalue weighted by Crippen LogP contribution is 2.44. The van der Waals surface area contributed by atoms with E-state index in [4.69, 9.17) is 39.0 Å². The van der Waals surface area contributed by atoms with E-state index >= 15 is 0 Å². The van der Waals surface area contributed by atoms with Crippen molar-refractivity contribution in [1.82, 2.24) is 39.0 Å². The fourth-order valence-corrected chi connectivity index (χ4v) is 6.44. The van der Waals surface area contributed by atoms with Crippen LogP contribution in [0.25, 0.3) is 22.3 Å². The predicted octanol–water partition coefficient (Wildman–Crippen LogP) is -0.657. The average molecular weight is 596 g/mol. The van der Waals surface area contributed by atoms with E-state index in [2.05, 4.69) is 29.9 Å². The number of ether oxygens (including phenoxy) is 2. The molecule has 0 spiro atoms. The molecule has 7 rings (SSSR count). The van der Waals surface area contributed by atoms with Crippen molar-refractivity contribution in [1.29, 1.82) is 0 Å². The Hall–Kier alpha value is -3.12. The van der Waals surface area contributed by atoms with E-state index in [1.807, 2.05) is 0 Å². The Morgan fingerprint density at radius 1 is 1.02 bits per heavy atom. The van der Waals surface area contributed by atoms with Gasteiger partial charge in [-0.15, -0.1) is 0 Å². The van der Waals surface area contributed by atoms with Crippen LogP contribution in [0, 0.1) is 0 Å². The van der Waals surface area contributed by atoms with Crippen molar-refractivity contribution in [3.63, 3.8) is 0 Å². The monoisotopic (exact) mass is 596 g/mol. The molecular formula is C19H22N10O9P2. The van der Waals surface area contributed by atoms with Crippen LogP contribution in [0.3, 0.4) is 0 Å². The highest BCUT2D eigenvalue weighted by molar-refractivity contribution is 7.33. The number of anilines is 2. The van der Waals surface area contributed by atoms with Crippen LogP contribution in [-0.2, 0) is 32.1 Å². The lowest BCUT2D eigenvalue weighted by Crippen LogP contribution is -2.35. The topological polar surface area (TPSA) is 252 Å². The lowest BCUT2D eigenvalue weighted by atomic mass is 10.1. The van der Waals surface area contributed by atoms with Crippen LogP contribution in [-0.4, -0.2) is 81.5 Å². The normalized spacial score (nSPS) is 33.7. The summed E-state index contributed by atoms with van der Waals surface area (Å²) in [4.78, 5) is 35.1. The zero-order valence-electron chi connectivity index (χ0n) is 20.2. The largest absolute Gasteiger partial charge is 0.386 e. The molecule has 7 unspecified atom stereocenters. The van der Waals surface area contributed by atoms with Gasteiger partial charge in [0, 0.05) is 6.42 Å². The molecule has 21 heteroatoms. The Morgan fingerprint density at radius 2 is 1.82 bits per heavy atom. The number of nitrogens with one attached hydrogen (secondary N) is 1. The first kappa shape index (κ1) is 25.8. The lowest BCUT2D eigenvalue weighted by Gasteiger charge is -2.22. The quantitative estimate of drug-likeness (QED) is 0.210. The van der Waals surface area contributed by atoms with Crippen LogP contribution in [0.1, 0.15) is 18.9 Å². The summed E-state index contributed by atoms with van der Waals surface area (Å²) in [5, 5.41) is 11.1. The maximum atomic E-state index is 12.9. The SMILES string of the molecule is Nc1nc2c(ncn2C2O[C@H]3C[C@@H]2O[PH](=O)OCC2OC(n4cnc5c(N)ncnc54)C(O)C2OPO3)c(=O)[nH]1. The van der Waals surface area contributed by atoms with Gasteiger partial charge in [-0.1, -0.05) is 0 Å². The molecule has 3 saturated heterocycles. The Kier molecular flexibility index (Phi) is 6.49. The van der Waals surface area contributed by atoms with Gasteiger partial charge >= 0.3 is 8.25 Å². The number of nitrogens with zero attached hydrogens (tertiary/aromatic N) is 7. The summed E-state index contributed by atoms with van der Waals surface area (Å²) in [5.41, 5.74) is 12.0. The van der Waals surface area contributed by atoms with Crippen molar-refractivity contribution in [2.24, 2.45) is 0 Å². The molecule has 7 heterocycles. The highest BCUT2D eigenvalue weighted by Gasteiger charge is 2.48. The minimum Gasteiger partial charge on any atom is -0.386 e. The first-order valence-electron chi connectivity index (χ1n) is 11.9. The summed E-state index contributed by atoms with van der Waals surface area (Å²) in [6.45, 7) is -0.229. The van der Waals surface area contributed by atoms with E-state index in [0.717, 1.165) is 0 Å². The Labute approximate surface area is 225 Å². The van der Waals surface area contributed by atoms with E-state index in [0.29, 0.717) is 11.2 Å². The first-order valence-corrected chi connectivity index (χ1v) is 14.0. The highest BCUT2D eigenvalue weighted by atomic mass is 31.1. The number of hydrogen-bond donors (Lipinski definition) is 4. The fraction of sp³-hybridized carbons (Fsp3) is 0.474. The molecule has 3 aliphatic rings. The molecule has 4 aromatic heterocycles. The summed E-state index contributed by atoms with van der Waals surface area (Å²) in [6, 6.07) is 0. The minimum atomic E-state index is -3.11. The maximum Gasteiger partial charge on any atom is 0.319 e. The second kappa shape index (κ2) is 10.1. The van der Waals surface area contributed by atoms with Crippen LogP contribution in [0.2, 0.25) is 0 Å². The molecule has 19 nitrogen and oxygen atoms in total. The van der Waals surface area contributed by atoms with Crippen LogP contribution < -0.4 is 17.0 Å². The number of hydrogen-bond acceptors (Lipinski definition) is 16. The fourth-order valence-electron chi connectivity index (χ4n) is 4.89. The Morgan fingerprint density at radius 3 is 2.67 bits per heavy atom. The molecule has 3 fully saturated rings. The van der Waals surface area contributed by atoms with Crippen molar-refractivity contribution in [3.05, 3.63) is 29.3 Å². The lowest BCUT2D eigenvalue weighted by molar-refractivity contribution is -0.104. The molecule has 0 amide bonds. The number of aromatic nitrogens is 8. The zero-order chi connectivity index (χ0) is 27.5. The molecule has 4 aromatic rings. The zero-order valence-corrected chi connectivity index (χ0v) is 22.2. The minimum absolute atomic E-state index is 0.0429. The number of rotatable bonds is 2. The molecule has 0 aliphatic carbocycles. The summed E-state index contributed by atoms with van der Waals surface area (Å²) in [5.74, 6) is 0.0687. The van der Waals surface area contributed by atoms with E-state index in [1.54, 1.807) is 0 Å². The van der Waals surface area contributed by atoms with E-state index in [9.17, 15) is 14.5 Å². The van der Waals surface area contributed by atoms with Gasteiger partial charge in [0.15, 0.2) is 50.4 Å². The van der Waals surface area contributed by atoms with E-state index in [-0.39, 0.29) is 36.0 Å². The predicted molar refractivity (Wildman–Crippen MR) is 135 cm³/mol. The number of fused-ring (bicyclic) bond motifs is 5. The third kappa shape index (κ3) is 4.36. The van der Waals surface area contributed by atoms with E-state index in [1.165, 1.54) is 28.1 Å². The van der Waals surface area contributed by atoms with Gasteiger partial charge in [0.05, 0.1) is 19.3 Å². The molecule has 6 N–H and O–H groups in total. The van der Waals surface area contributed by atoms with Gasteiger partial charge in [-0.3, -0.25) is 23.5 Å². The summed E-state index contributed by atoms with van der Waals surface area (Å²) < 4.78 is 50.8. The molecule has 0 radical (unpaired) electrons. The smallest absolute Gasteiger partial charge is 0.319 e. The number of aliphatic hydroxyl groups excluding tert-OH is 1. The van der Waals surface area contributed by atoms with Crippen molar-refractivity contribution in [2.75, 3.05) is 18.1 Å². The number of aromatic amines is 1. The van der Waals surface area contributed by atoms with Gasteiger partial charge in [-0.25, -0.2) is 19.9 Å². The van der Waals surface area contributed by atoms with Crippen molar-refractivity contribution in [2.45, 2.75) is 49.6 Å². The Bertz CT molecular complexity index is 1660. The third-order valence-corrected chi connectivity index (χ3v) is 8.33. The maximum absolute atomic E-state index is 12.9. The number of aliphatic hydroxyl groups is 1. The van der Waals surface area contributed by atoms with Gasteiger partial charge < -0.3 is 44.1 Å². The molecule has 0 aromatic carbocycles. The standard InChI is InChI=1S/C19H22N10O9P2/c20-13-9-14(23-3-22-13)28(4-24-9)18-11(30)12-7(34-18)2-33-40(32)38-6-1-8(36-39-37-12)35-17(6)29-5-25-10-15(29)26-19(21)27-16(10)31/h3-8,11-12,17-18,30,39-40H,1-2H2,(H2,20,22,23)(H3,21,26,27,31)/t6-,7?,8+,11?,12?,17?,18?/m0/s1. The second-order valence-corrected chi connectivity index (χ2v) is 10.8. The van der Waals surface area contributed by atoms with E-state index < -0.39 is 66.0 Å². The third-order valence-electron chi connectivity index (χ3n) is 6.71. The molecule has 9 atom stereocenters. The summed E-state index contributed by atoms with van der Waals surface area (Å²) in [7, 11) is -3.69. The van der Waals surface area contributed by atoms with Crippen molar-refractivity contribution >= 4 is 51.4 Å². The van der Waals surface area contributed by atoms with Gasteiger partial charge in [0.1, 0.15) is 36.3 Å². The van der Waals surface area contributed by atoms with Gasteiger partial charge in [-0.2, -0.15) is 4.98 Å².